The van der Waals surface area contributed by atoms with Crippen molar-refractivity contribution in [2.24, 2.45) is 0 Å². The summed E-state index contributed by atoms with van der Waals surface area (Å²) < 4.78 is 15.0. The molecule has 1 aliphatic rings. The minimum absolute atomic E-state index is 0. The summed E-state index contributed by atoms with van der Waals surface area (Å²) in [7, 11) is -1.49. The van der Waals surface area contributed by atoms with Gasteiger partial charge in [0.2, 0.25) is 0 Å². The molecule has 1 atom stereocenters. The second-order valence-corrected chi connectivity index (χ2v) is 2.44. The molecule has 1 unspecified atom stereocenters. The lowest BCUT2D eigenvalue weighted by Gasteiger charge is -1.96. The molecular weight excluding hydrogens is 129 g/mol. The maximum absolute atomic E-state index is 10.3. The molecule has 0 saturated carbocycles. The van der Waals surface area contributed by atoms with Crippen LogP contribution in [0.25, 0.3) is 0 Å². The topological polar surface area (TPSA) is 69.8 Å². The van der Waals surface area contributed by atoms with Crippen molar-refractivity contribution in [3.63, 3.8) is 0 Å². The van der Waals surface area contributed by atoms with Crippen molar-refractivity contribution in [2.45, 2.75) is 6.42 Å². The SMILES string of the molecule is O.O=[P+]1NCCCO1. The van der Waals surface area contributed by atoms with E-state index in [4.69, 9.17) is 0 Å². The van der Waals surface area contributed by atoms with Gasteiger partial charge in [0, 0.05) is 6.54 Å². The van der Waals surface area contributed by atoms with Crippen LogP contribution in [0, 0.1) is 0 Å². The molecule has 5 heteroatoms. The lowest BCUT2D eigenvalue weighted by Crippen LogP contribution is -2.14. The molecule has 0 aliphatic carbocycles. The van der Waals surface area contributed by atoms with Crippen LogP contribution in [0.1, 0.15) is 6.42 Å². The van der Waals surface area contributed by atoms with Crippen LogP contribution in [0.2, 0.25) is 0 Å². The zero-order valence-electron chi connectivity index (χ0n) is 4.39. The van der Waals surface area contributed by atoms with Gasteiger partial charge >= 0.3 is 8.18 Å². The Hall–Kier alpha value is -0.0200. The molecule has 0 bridgehead atoms. The van der Waals surface area contributed by atoms with E-state index in [1.807, 2.05) is 0 Å². The van der Waals surface area contributed by atoms with Gasteiger partial charge in [0.1, 0.15) is 6.61 Å². The van der Waals surface area contributed by atoms with Crippen LogP contribution in [0.5, 0.6) is 0 Å². The summed E-state index contributed by atoms with van der Waals surface area (Å²) in [6, 6.07) is 0. The monoisotopic (exact) mass is 138 g/mol. The summed E-state index contributed by atoms with van der Waals surface area (Å²) in [6.07, 6.45) is 0.973. The van der Waals surface area contributed by atoms with Crippen LogP contribution in [0.15, 0.2) is 0 Å². The summed E-state index contributed by atoms with van der Waals surface area (Å²) in [4.78, 5) is 0. The van der Waals surface area contributed by atoms with Crippen molar-refractivity contribution in [2.75, 3.05) is 13.2 Å². The molecule has 8 heavy (non-hydrogen) atoms. The van der Waals surface area contributed by atoms with Crippen LogP contribution in [0.4, 0.5) is 0 Å². The third kappa shape index (κ3) is 2.33. The Kier molecular flexibility index (Phi) is 3.91. The van der Waals surface area contributed by atoms with Crippen molar-refractivity contribution in [1.29, 1.82) is 0 Å². The van der Waals surface area contributed by atoms with Crippen molar-refractivity contribution in [1.82, 2.24) is 5.09 Å². The first-order chi connectivity index (χ1) is 3.39. The number of hydrogen-bond donors (Lipinski definition) is 1. The maximum Gasteiger partial charge on any atom is 0.612 e. The fourth-order valence-electron chi connectivity index (χ4n) is 0.436. The van der Waals surface area contributed by atoms with Crippen molar-refractivity contribution in [3.8, 4) is 0 Å². The lowest BCUT2D eigenvalue weighted by atomic mass is 10.5. The van der Waals surface area contributed by atoms with E-state index in [0.29, 0.717) is 6.61 Å². The Morgan fingerprint density at radius 2 is 2.38 bits per heavy atom. The summed E-state index contributed by atoms with van der Waals surface area (Å²) >= 11 is 0. The van der Waals surface area contributed by atoms with Gasteiger partial charge in [-0.25, -0.2) is 0 Å². The average molecular weight is 138 g/mol. The van der Waals surface area contributed by atoms with Crippen LogP contribution in [0.3, 0.4) is 0 Å². The van der Waals surface area contributed by atoms with Gasteiger partial charge in [-0.3, -0.25) is 0 Å². The first kappa shape index (κ1) is 7.98. The van der Waals surface area contributed by atoms with Gasteiger partial charge in [0.05, 0.1) is 0 Å². The molecule has 3 N–H and O–H groups in total. The second kappa shape index (κ2) is 3.92. The molecule has 1 saturated heterocycles. The van der Waals surface area contributed by atoms with Gasteiger partial charge in [-0.1, -0.05) is 5.09 Å². The highest BCUT2D eigenvalue weighted by atomic mass is 31.1. The number of hydrogen-bond acceptors (Lipinski definition) is 2. The fourth-order valence-corrected chi connectivity index (χ4v) is 1.16. The zero-order chi connectivity index (χ0) is 5.11. The predicted molar refractivity (Wildman–Crippen MR) is 29.8 cm³/mol. The fraction of sp³-hybridized carbons (Fsp3) is 1.00. The molecule has 48 valence electrons. The molecule has 0 amide bonds. The van der Waals surface area contributed by atoms with Crippen LogP contribution >= 0.6 is 8.18 Å². The van der Waals surface area contributed by atoms with E-state index in [0.717, 1.165) is 13.0 Å². The van der Waals surface area contributed by atoms with Gasteiger partial charge in [-0.2, -0.15) is 0 Å². The lowest BCUT2D eigenvalue weighted by molar-refractivity contribution is 0.295. The number of rotatable bonds is 0. The maximum atomic E-state index is 10.3. The van der Waals surface area contributed by atoms with Gasteiger partial charge < -0.3 is 5.48 Å². The van der Waals surface area contributed by atoms with Crippen LogP contribution in [-0.2, 0) is 9.09 Å². The van der Waals surface area contributed by atoms with E-state index in [-0.39, 0.29) is 5.48 Å². The molecule has 4 nitrogen and oxygen atoms in total. The van der Waals surface area contributed by atoms with Crippen molar-refractivity contribution >= 4 is 8.18 Å². The molecule has 0 aromatic rings. The van der Waals surface area contributed by atoms with E-state index < -0.39 is 8.18 Å². The van der Waals surface area contributed by atoms with Gasteiger partial charge in [-0.05, 0) is 11.0 Å². The molecule has 0 spiro atoms. The van der Waals surface area contributed by atoms with E-state index in [9.17, 15) is 4.57 Å². The average Bonchev–Trinajstić information content (AvgIpc) is 1.69. The summed E-state index contributed by atoms with van der Waals surface area (Å²) in [5.41, 5.74) is 0. The smallest absolute Gasteiger partial charge is 0.412 e. The second-order valence-electron chi connectivity index (χ2n) is 1.35. The highest BCUT2D eigenvalue weighted by molar-refractivity contribution is 7.36. The van der Waals surface area contributed by atoms with E-state index >= 15 is 0 Å². The Balaban J connectivity index is 0.000000490. The third-order valence-electron chi connectivity index (χ3n) is 0.771. The summed E-state index contributed by atoms with van der Waals surface area (Å²) in [6.45, 7) is 1.47. The van der Waals surface area contributed by atoms with Gasteiger partial charge in [0.25, 0.3) is 0 Å². The molecule has 0 aromatic heterocycles. The van der Waals surface area contributed by atoms with Crippen molar-refractivity contribution in [3.05, 3.63) is 0 Å². The third-order valence-corrected chi connectivity index (χ3v) is 1.67. The molecular formula is C3H9NO3P+. The summed E-state index contributed by atoms with van der Waals surface area (Å²) in [5, 5.41) is 2.67. The van der Waals surface area contributed by atoms with E-state index in [2.05, 4.69) is 9.61 Å². The Bertz CT molecular complexity index is 78.6. The van der Waals surface area contributed by atoms with E-state index in [1.54, 1.807) is 0 Å². The highest BCUT2D eigenvalue weighted by Gasteiger charge is 2.20. The highest BCUT2D eigenvalue weighted by Crippen LogP contribution is 2.19. The standard InChI is InChI=1S/C3H7NO2P.H2O/c5-7-4-2-1-3-6-7;/h1-3H2,(H,4,5);1H2/q+1;. The Labute approximate surface area is 48.5 Å². The predicted octanol–water partition coefficient (Wildman–Crippen LogP) is -0.171. The Morgan fingerprint density at radius 1 is 1.62 bits per heavy atom. The molecule has 1 heterocycles. The molecule has 1 aliphatic heterocycles. The first-order valence-corrected chi connectivity index (χ1v) is 3.41. The molecule has 0 aromatic carbocycles. The zero-order valence-corrected chi connectivity index (χ0v) is 5.28. The largest absolute Gasteiger partial charge is 0.612 e. The quantitative estimate of drug-likeness (QED) is 0.472. The first-order valence-electron chi connectivity index (χ1n) is 2.23. The minimum atomic E-state index is -1.49. The van der Waals surface area contributed by atoms with Crippen LogP contribution < -0.4 is 5.09 Å². The minimum Gasteiger partial charge on any atom is -0.412 e. The molecule has 0 radical (unpaired) electrons. The van der Waals surface area contributed by atoms with E-state index in [1.165, 1.54) is 0 Å². The summed E-state index contributed by atoms with van der Waals surface area (Å²) in [5.74, 6) is 0. The van der Waals surface area contributed by atoms with Crippen molar-refractivity contribution < 1.29 is 14.6 Å². The number of nitrogens with one attached hydrogen (secondary N) is 1. The Morgan fingerprint density at radius 3 is 2.62 bits per heavy atom. The molecule has 1 fully saturated rings. The normalized spacial score (nSPS) is 24.2. The van der Waals surface area contributed by atoms with Gasteiger partial charge in [-0.15, -0.1) is 4.52 Å². The van der Waals surface area contributed by atoms with Crippen LogP contribution in [-0.4, -0.2) is 18.6 Å². The van der Waals surface area contributed by atoms with Gasteiger partial charge in [0.15, 0.2) is 0 Å². The molecule has 1 rings (SSSR count).